The molecule has 0 saturated heterocycles. The number of rotatable bonds is 2. The quantitative estimate of drug-likeness (QED) is 0.687. The van der Waals surface area contributed by atoms with Crippen molar-refractivity contribution in [2.45, 2.75) is 25.7 Å². The summed E-state index contributed by atoms with van der Waals surface area (Å²) in [5.41, 5.74) is 2.56. The van der Waals surface area contributed by atoms with Gasteiger partial charge in [0.25, 0.3) is 0 Å². The Morgan fingerprint density at radius 1 is 1.29 bits per heavy atom. The van der Waals surface area contributed by atoms with Crippen molar-refractivity contribution >= 4 is 0 Å². The topological polar surface area (TPSA) is 12.9 Å². The van der Waals surface area contributed by atoms with E-state index in [-0.39, 0.29) is 0 Å². The van der Waals surface area contributed by atoms with Crippen LogP contribution in [0.25, 0.3) is 0 Å². The van der Waals surface area contributed by atoms with Crippen molar-refractivity contribution < 1.29 is 0 Å². The molecule has 0 N–H and O–H groups in total. The van der Waals surface area contributed by atoms with Gasteiger partial charge in [0, 0.05) is 17.8 Å². The van der Waals surface area contributed by atoms with Gasteiger partial charge in [-0.3, -0.25) is 4.98 Å². The maximum absolute atomic E-state index is 4.38. The molecule has 0 fully saturated rings. The highest BCUT2D eigenvalue weighted by atomic mass is 14.7. The zero-order chi connectivity index (χ0) is 9.80. The summed E-state index contributed by atoms with van der Waals surface area (Å²) in [4.78, 5) is 4.38. The van der Waals surface area contributed by atoms with E-state index in [1.54, 1.807) is 0 Å². The van der Waals surface area contributed by atoms with Crippen LogP contribution in [0.2, 0.25) is 0 Å². The maximum Gasteiger partial charge on any atom is 0.0475 e. The van der Waals surface area contributed by atoms with Gasteiger partial charge >= 0.3 is 0 Å². The van der Waals surface area contributed by atoms with Crippen LogP contribution in [0.1, 0.15) is 31.4 Å². The fourth-order valence-electron chi connectivity index (χ4n) is 1.76. The lowest BCUT2D eigenvalue weighted by molar-refractivity contribution is 0.845. The molecule has 1 aliphatic rings. The molecule has 0 radical (unpaired) electrons. The first-order valence-corrected chi connectivity index (χ1v) is 5.15. The molecule has 1 aromatic heterocycles. The highest BCUT2D eigenvalue weighted by molar-refractivity contribution is 5.32. The predicted molar refractivity (Wildman–Crippen MR) is 59.1 cm³/mol. The molecule has 72 valence electrons. The Labute approximate surface area is 85.2 Å². The van der Waals surface area contributed by atoms with Crippen LogP contribution in [0, 0.1) is 0 Å². The number of hydrogen-bond donors (Lipinski definition) is 0. The zero-order valence-corrected chi connectivity index (χ0v) is 8.48. The lowest BCUT2D eigenvalue weighted by Crippen LogP contribution is -2.00. The van der Waals surface area contributed by atoms with Crippen LogP contribution in [-0.4, -0.2) is 4.98 Å². The van der Waals surface area contributed by atoms with Crippen molar-refractivity contribution in [3.05, 3.63) is 53.9 Å². The molecule has 0 aliphatic heterocycles. The molecule has 0 amide bonds. The van der Waals surface area contributed by atoms with Gasteiger partial charge in [0.2, 0.25) is 0 Å². The molecule has 1 aromatic rings. The number of nitrogens with zero attached hydrogens (tertiary/aromatic N) is 1. The third kappa shape index (κ3) is 1.92. The first-order chi connectivity index (χ1) is 6.88. The minimum absolute atomic E-state index is 0.424. The van der Waals surface area contributed by atoms with Gasteiger partial charge in [-0.05, 0) is 30.5 Å². The van der Waals surface area contributed by atoms with Crippen LogP contribution in [0.3, 0.4) is 0 Å². The summed E-state index contributed by atoms with van der Waals surface area (Å²) in [5.74, 6) is 0.424. The Morgan fingerprint density at radius 2 is 2.21 bits per heavy atom. The second-order valence-electron chi connectivity index (χ2n) is 3.66. The zero-order valence-electron chi connectivity index (χ0n) is 8.48. The third-order valence-electron chi connectivity index (χ3n) is 2.66. The van der Waals surface area contributed by atoms with Crippen LogP contribution in [0.4, 0.5) is 0 Å². The lowest BCUT2D eigenvalue weighted by atomic mass is 9.93. The lowest BCUT2D eigenvalue weighted by Gasteiger charge is -2.14. The summed E-state index contributed by atoms with van der Waals surface area (Å²) in [6.45, 7) is 2.21. The Hall–Kier alpha value is -1.37. The summed E-state index contributed by atoms with van der Waals surface area (Å²) in [6, 6.07) is 6.10. The van der Waals surface area contributed by atoms with Gasteiger partial charge in [0.15, 0.2) is 0 Å². The third-order valence-corrected chi connectivity index (χ3v) is 2.66. The maximum atomic E-state index is 4.38. The number of pyridine rings is 1. The highest BCUT2D eigenvalue weighted by Gasteiger charge is 2.10. The van der Waals surface area contributed by atoms with E-state index in [1.807, 2.05) is 18.3 Å². The monoisotopic (exact) mass is 185 g/mol. The Kier molecular flexibility index (Phi) is 2.78. The van der Waals surface area contributed by atoms with E-state index in [2.05, 4.69) is 36.2 Å². The number of hydrogen-bond acceptors (Lipinski definition) is 1. The fourth-order valence-corrected chi connectivity index (χ4v) is 1.76. The van der Waals surface area contributed by atoms with Gasteiger partial charge in [-0.25, -0.2) is 0 Å². The molecule has 1 nitrogen and oxygen atoms in total. The van der Waals surface area contributed by atoms with E-state index < -0.39 is 0 Å². The van der Waals surface area contributed by atoms with E-state index in [4.69, 9.17) is 0 Å². The van der Waals surface area contributed by atoms with Gasteiger partial charge < -0.3 is 0 Å². The summed E-state index contributed by atoms with van der Waals surface area (Å²) in [5, 5.41) is 0. The van der Waals surface area contributed by atoms with Gasteiger partial charge in [-0.1, -0.05) is 31.2 Å². The highest BCUT2D eigenvalue weighted by Crippen LogP contribution is 2.25. The molecule has 0 spiro atoms. The first kappa shape index (κ1) is 9.20. The van der Waals surface area contributed by atoms with E-state index in [0.29, 0.717) is 5.92 Å². The van der Waals surface area contributed by atoms with Gasteiger partial charge in [0.05, 0.1) is 0 Å². The Bertz CT molecular complexity index is 349. The van der Waals surface area contributed by atoms with Crippen molar-refractivity contribution in [3.63, 3.8) is 0 Å². The average Bonchev–Trinajstić information content (AvgIpc) is 2.30. The largest absolute Gasteiger partial charge is 0.261 e. The molecule has 0 aromatic carbocycles. The van der Waals surface area contributed by atoms with Crippen LogP contribution in [-0.2, 0) is 0 Å². The smallest absolute Gasteiger partial charge is 0.0475 e. The standard InChI is InChI=1S/C13H15N/c1-11(12-7-3-2-4-8-12)13-9-5-6-10-14-13/h3,5-11H,2,4H2,1H3. The minimum Gasteiger partial charge on any atom is -0.261 e. The van der Waals surface area contributed by atoms with Gasteiger partial charge in [-0.15, -0.1) is 0 Å². The van der Waals surface area contributed by atoms with Crippen molar-refractivity contribution in [2.75, 3.05) is 0 Å². The first-order valence-electron chi connectivity index (χ1n) is 5.15. The number of allylic oxidation sites excluding steroid dienone is 4. The van der Waals surface area contributed by atoms with Gasteiger partial charge in [-0.2, -0.15) is 0 Å². The Morgan fingerprint density at radius 3 is 2.86 bits per heavy atom. The average molecular weight is 185 g/mol. The summed E-state index contributed by atoms with van der Waals surface area (Å²) >= 11 is 0. The second kappa shape index (κ2) is 4.23. The molecular formula is C13H15N. The molecular weight excluding hydrogens is 170 g/mol. The molecule has 0 bridgehead atoms. The summed E-state index contributed by atoms with van der Waals surface area (Å²) < 4.78 is 0. The SMILES string of the molecule is CC(C1=CCCC=C1)c1ccccn1. The fraction of sp³-hybridized carbons (Fsp3) is 0.308. The van der Waals surface area contributed by atoms with Gasteiger partial charge in [0.1, 0.15) is 0 Å². The van der Waals surface area contributed by atoms with Crippen molar-refractivity contribution in [2.24, 2.45) is 0 Å². The molecule has 14 heavy (non-hydrogen) atoms. The Balaban J connectivity index is 2.20. The summed E-state index contributed by atoms with van der Waals surface area (Å²) in [7, 11) is 0. The second-order valence-corrected chi connectivity index (χ2v) is 3.66. The van der Waals surface area contributed by atoms with Crippen LogP contribution >= 0.6 is 0 Å². The normalized spacial score (nSPS) is 17.6. The van der Waals surface area contributed by atoms with Crippen LogP contribution < -0.4 is 0 Å². The predicted octanol–water partition coefficient (Wildman–Crippen LogP) is 3.46. The van der Waals surface area contributed by atoms with Crippen molar-refractivity contribution in [3.8, 4) is 0 Å². The van der Waals surface area contributed by atoms with E-state index in [1.165, 1.54) is 18.4 Å². The molecule has 1 heteroatoms. The van der Waals surface area contributed by atoms with Crippen molar-refractivity contribution in [1.82, 2.24) is 4.98 Å². The van der Waals surface area contributed by atoms with Crippen LogP contribution in [0.5, 0.6) is 0 Å². The molecule has 1 aliphatic carbocycles. The molecule has 1 atom stereocenters. The van der Waals surface area contributed by atoms with E-state index >= 15 is 0 Å². The molecule has 1 unspecified atom stereocenters. The molecule has 1 heterocycles. The van der Waals surface area contributed by atoms with Crippen LogP contribution in [0.15, 0.2) is 48.2 Å². The van der Waals surface area contributed by atoms with Crippen molar-refractivity contribution in [1.29, 1.82) is 0 Å². The molecule has 0 saturated carbocycles. The van der Waals surface area contributed by atoms with E-state index in [0.717, 1.165) is 5.69 Å². The number of aromatic nitrogens is 1. The minimum atomic E-state index is 0.424. The summed E-state index contributed by atoms with van der Waals surface area (Å²) in [6.07, 6.45) is 11.0. The van der Waals surface area contributed by atoms with E-state index in [9.17, 15) is 0 Å². The molecule has 2 rings (SSSR count).